The molecular formula is C22H24ClN5O5. The van der Waals surface area contributed by atoms with Gasteiger partial charge in [-0.15, -0.1) is 12.4 Å². The summed E-state index contributed by atoms with van der Waals surface area (Å²) in [6, 6.07) is 13.8. The highest BCUT2D eigenvalue weighted by molar-refractivity contribution is 6.09. The van der Waals surface area contributed by atoms with E-state index in [1.807, 2.05) is 0 Å². The Morgan fingerprint density at radius 2 is 1.82 bits per heavy atom. The molecule has 174 valence electrons. The Hall–Kier alpha value is -3.92. The minimum Gasteiger partial charge on any atom is -0.481 e. The van der Waals surface area contributed by atoms with Gasteiger partial charge in [0, 0.05) is 0 Å². The standard InChI is InChI=1S/C22H23N5O5.ClH/c1-22(16-9-7-14(8-10-16)12-24-23)20(31)27(21(32)26-22)13-18(28)25-17(11-19(29)30)15-5-3-2-4-6-15;/h2-10,12,17H,11,13,23H2,1H3,(H,25,28)(H,26,32)(H,29,30);1H. The Kier molecular flexibility index (Phi) is 8.14. The summed E-state index contributed by atoms with van der Waals surface area (Å²) in [4.78, 5) is 50.2. The minimum atomic E-state index is -1.35. The number of benzene rings is 2. The molecule has 0 radical (unpaired) electrons. The van der Waals surface area contributed by atoms with E-state index < -0.39 is 41.9 Å². The summed E-state index contributed by atoms with van der Waals surface area (Å²) >= 11 is 0. The van der Waals surface area contributed by atoms with E-state index in [1.54, 1.807) is 61.5 Å². The van der Waals surface area contributed by atoms with E-state index in [0.29, 0.717) is 11.1 Å². The maximum atomic E-state index is 13.0. The van der Waals surface area contributed by atoms with Gasteiger partial charge in [-0.25, -0.2) is 4.79 Å². The van der Waals surface area contributed by atoms with Crippen LogP contribution in [0, 0.1) is 0 Å². The molecule has 0 aliphatic carbocycles. The number of hydrazone groups is 1. The first-order valence-electron chi connectivity index (χ1n) is 9.78. The van der Waals surface area contributed by atoms with Crippen LogP contribution < -0.4 is 16.5 Å². The van der Waals surface area contributed by atoms with Crippen molar-refractivity contribution in [2.45, 2.75) is 24.9 Å². The maximum absolute atomic E-state index is 13.0. The van der Waals surface area contributed by atoms with Crippen molar-refractivity contribution in [1.29, 1.82) is 0 Å². The van der Waals surface area contributed by atoms with Crippen LogP contribution in [0.1, 0.15) is 36.1 Å². The van der Waals surface area contributed by atoms with Gasteiger partial charge in [0.25, 0.3) is 5.91 Å². The first kappa shape index (κ1) is 25.3. The van der Waals surface area contributed by atoms with Crippen molar-refractivity contribution in [3.8, 4) is 0 Å². The summed E-state index contributed by atoms with van der Waals surface area (Å²) in [6.07, 6.45) is 1.10. The van der Waals surface area contributed by atoms with E-state index in [-0.39, 0.29) is 18.8 Å². The van der Waals surface area contributed by atoms with Crippen molar-refractivity contribution in [1.82, 2.24) is 15.5 Å². The molecule has 0 spiro atoms. The average Bonchev–Trinajstić information content (AvgIpc) is 2.98. The second-order valence-corrected chi connectivity index (χ2v) is 7.48. The summed E-state index contributed by atoms with van der Waals surface area (Å²) < 4.78 is 0. The highest BCUT2D eigenvalue weighted by atomic mass is 35.5. The van der Waals surface area contributed by atoms with Gasteiger partial charge in [-0.3, -0.25) is 19.3 Å². The van der Waals surface area contributed by atoms with E-state index in [1.165, 1.54) is 6.21 Å². The van der Waals surface area contributed by atoms with Gasteiger partial charge in [-0.1, -0.05) is 54.6 Å². The van der Waals surface area contributed by atoms with Gasteiger partial charge in [0.05, 0.1) is 18.7 Å². The quantitative estimate of drug-likeness (QED) is 0.197. The summed E-state index contributed by atoms with van der Waals surface area (Å²) in [5.74, 6) is 2.80. The molecule has 33 heavy (non-hydrogen) atoms. The molecule has 2 aromatic carbocycles. The number of halogens is 1. The second kappa shape index (κ2) is 10.6. The Labute approximate surface area is 196 Å². The first-order chi connectivity index (χ1) is 15.2. The molecule has 5 N–H and O–H groups in total. The molecule has 10 nitrogen and oxygen atoms in total. The van der Waals surface area contributed by atoms with E-state index in [4.69, 9.17) is 5.84 Å². The van der Waals surface area contributed by atoms with Crippen molar-refractivity contribution < 1.29 is 24.3 Å². The molecule has 1 fully saturated rings. The Bertz CT molecular complexity index is 1060. The number of nitrogens with zero attached hydrogens (tertiary/aromatic N) is 2. The molecule has 0 saturated carbocycles. The lowest BCUT2D eigenvalue weighted by Crippen LogP contribution is -2.44. The third-order valence-corrected chi connectivity index (χ3v) is 5.20. The SMILES string of the molecule is CC1(c2ccc(C=NN)cc2)NC(=O)N(CC(=O)NC(CC(=O)O)c2ccccc2)C1=O.Cl. The third-order valence-electron chi connectivity index (χ3n) is 5.20. The molecule has 2 unspecified atom stereocenters. The molecule has 0 bridgehead atoms. The number of hydrogen-bond acceptors (Lipinski definition) is 6. The zero-order chi connectivity index (χ0) is 23.3. The molecule has 1 heterocycles. The lowest BCUT2D eigenvalue weighted by Gasteiger charge is -2.23. The van der Waals surface area contributed by atoms with Gasteiger partial charge in [0.15, 0.2) is 0 Å². The molecule has 4 amide bonds. The molecule has 2 atom stereocenters. The van der Waals surface area contributed by atoms with Crippen molar-refractivity contribution >= 4 is 42.4 Å². The number of rotatable bonds is 8. The van der Waals surface area contributed by atoms with E-state index in [0.717, 1.165) is 10.5 Å². The van der Waals surface area contributed by atoms with E-state index in [2.05, 4.69) is 15.7 Å². The number of nitrogens with two attached hydrogens (primary N) is 1. The summed E-state index contributed by atoms with van der Waals surface area (Å²) in [6.45, 7) is 1.01. The Balaban J connectivity index is 0.00000385. The third kappa shape index (κ3) is 5.66. The predicted molar refractivity (Wildman–Crippen MR) is 123 cm³/mol. The van der Waals surface area contributed by atoms with Crippen LogP contribution in [0.2, 0.25) is 0 Å². The van der Waals surface area contributed by atoms with Crippen molar-refractivity contribution in [3.05, 3.63) is 71.3 Å². The van der Waals surface area contributed by atoms with Gasteiger partial charge >= 0.3 is 12.0 Å². The number of urea groups is 1. The minimum absolute atomic E-state index is 0. The number of carbonyl (C=O) groups is 4. The van der Waals surface area contributed by atoms with Gasteiger partial charge in [0.2, 0.25) is 5.91 Å². The smallest absolute Gasteiger partial charge is 0.325 e. The van der Waals surface area contributed by atoms with Gasteiger partial charge in [-0.2, -0.15) is 5.10 Å². The maximum Gasteiger partial charge on any atom is 0.325 e. The van der Waals surface area contributed by atoms with Crippen LogP contribution in [0.15, 0.2) is 59.7 Å². The fourth-order valence-corrected chi connectivity index (χ4v) is 3.52. The normalized spacial score (nSPS) is 18.5. The number of aliphatic carboxylic acids is 1. The van der Waals surface area contributed by atoms with Crippen LogP contribution in [0.4, 0.5) is 4.79 Å². The molecule has 11 heteroatoms. The van der Waals surface area contributed by atoms with E-state index in [9.17, 15) is 24.3 Å². The van der Waals surface area contributed by atoms with Crippen molar-refractivity contribution in [2.75, 3.05) is 6.54 Å². The van der Waals surface area contributed by atoms with Crippen LogP contribution >= 0.6 is 12.4 Å². The van der Waals surface area contributed by atoms with Crippen LogP contribution in [0.25, 0.3) is 0 Å². The van der Waals surface area contributed by atoms with Crippen molar-refractivity contribution in [2.24, 2.45) is 10.9 Å². The second-order valence-electron chi connectivity index (χ2n) is 7.48. The van der Waals surface area contributed by atoms with Crippen LogP contribution in [0.3, 0.4) is 0 Å². The zero-order valence-electron chi connectivity index (χ0n) is 17.7. The summed E-state index contributed by atoms with van der Waals surface area (Å²) in [5.41, 5.74) is 0.501. The van der Waals surface area contributed by atoms with Crippen molar-refractivity contribution in [3.63, 3.8) is 0 Å². The predicted octanol–water partition coefficient (Wildman–Crippen LogP) is 1.50. The van der Waals surface area contributed by atoms with E-state index >= 15 is 0 Å². The molecule has 1 aliphatic rings. The molecule has 3 rings (SSSR count). The Morgan fingerprint density at radius 3 is 2.39 bits per heavy atom. The van der Waals surface area contributed by atoms with Crippen LogP contribution in [-0.4, -0.2) is 46.6 Å². The fraction of sp³-hybridized carbons (Fsp3) is 0.227. The number of carboxylic acids is 1. The number of imide groups is 1. The lowest BCUT2D eigenvalue weighted by atomic mass is 9.91. The monoisotopic (exact) mass is 473 g/mol. The average molecular weight is 474 g/mol. The number of carboxylic acid groups (broad SMARTS) is 1. The largest absolute Gasteiger partial charge is 0.481 e. The number of amides is 4. The highest BCUT2D eigenvalue weighted by Gasteiger charge is 2.49. The highest BCUT2D eigenvalue weighted by Crippen LogP contribution is 2.29. The van der Waals surface area contributed by atoms with Crippen LogP contribution in [0.5, 0.6) is 0 Å². The fourth-order valence-electron chi connectivity index (χ4n) is 3.52. The topological polar surface area (TPSA) is 154 Å². The van der Waals surface area contributed by atoms with Gasteiger partial charge in [-0.05, 0) is 23.6 Å². The summed E-state index contributed by atoms with van der Waals surface area (Å²) in [5, 5.41) is 17.8. The van der Waals surface area contributed by atoms with Crippen LogP contribution in [-0.2, 0) is 19.9 Å². The van der Waals surface area contributed by atoms with Gasteiger partial charge in [0.1, 0.15) is 12.1 Å². The molecule has 2 aromatic rings. The molecule has 1 saturated heterocycles. The molecular weight excluding hydrogens is 450 g/mol. The number of carbonyl (C=O) groups excluding carboxylic acids is 3. The first-order valence-corrected chi connectivity index (χ1v) is 9.78. The number of nitrogens with one attached hydrogen (secondary N) is 2. The molecule has 1 aliphatic heterocycles. The lowest BCUT2D eigenvalue weighted by molar-refractivity contribution is -0.138. The Morgan fingerprint density at radius 1 is 1.18 bits per heavy atom. The number of hydrogen-bond donors (Lipinski definition) is 4. The van der Waals surface area contributed by atoms with Gasteiger partial charge < -0.3 is 21.6 Å². The molecule has 0 aromatic heterocycles. The zero-order valence-corrected chi connectivity index (χ0v) is 18.5. The summed E-state index contributed by atoms with van der Waals surface area (Å²) in [7, 11) is 0.